The molecule has 3 amide bonds. The highest BCUT2D eigenvalue weighted by molar-refractivity contribution is 9.10. The number of amides is 3. The van der Waals surface area contributed by atoms with Crippen molar-refractivity contribution in [2.45, 2.75) is 13.5 Å². The molecule has 0 radical (unpaired) electrons. The van der Waals surface area contributed by atoms with E-state index in [0.717, 1.165) is 27.4 Å². The van der Waals surface area contributed by atoms with Gasteiger partial charge in [-0.05, 0) is 66.2 Å². The van der Waals surface area contributed by atoms with Crippen LogP contribution in [-0.4, -0.2) is 35.7 Å². The van der Waals surface area contributed by atoms with Gasteiger partial charge in [-0.25, -0.2) is 0 Å². The van der Waals surface area contributed by atoms with E-state index in [2.05, 4.69) is 21.2 Å². The third-order valence-electron chi connectivity index (χ3n) is 5.34. The molecule has 0 spiro atoms. The summed E-state index contributed by atoms with van der Waals surface area (Å²) in [4.78, 5) is 39.2. The standard InChI is InChI=1S/C27H23BrN2O5S/c1-17-7-10-20(11-8-17)29-25(31)16-35-22-12-9-18(13-23(22)34-2)14-24-26(32)30(27(33)36-24)15-19-5-3-4-6-21(19)28/h3-14H,15-16H2,1-2H3,(H,29,31)/b24-14+. The molecule has 0 saturated carbocycles. The van der Waals surface area contributed by atoms with E-state index < -0.39 is 0 Å². The highest BCUT2D eigenvalue weighted by Gasteiger charge is 2.35. The zero-order valence-corrected chi connectivity index (χ0v) is 22.0. The first-order valence-electron chi connectivity index (χ1n) is 11.0. The Kier molecular flexibility index (Phi) is 8.12. The van der Waals surface area contributed by atoms with E-state index in [1.165, 1.54) is 12.0 Å². The highest BCUT2D eigenvalue weighted by Crippen LogP contribution is 2.36. The van der Waals surface area contributed by atoms with E-state index in [4.69, 9.17) is 9.47 Å². The third-order valence-corrected chi connectivity index (χ3v) is 7.02. The molecule has 0 atom stereocenters. The molecule has 36 heavy (non-hydrogen) atoms. The summed E-state index contributed by atoms with van der Waals surface area (Å²) in [5, 5.41) is 2.45. The molecular formula is C27H23BrN2O5S. The summed E-state index contributed by atoms with van der Waals surface area (Å²) in [6, 6.07) is 20.0. The van der Waals surface area contributed by atoms with Gasteiger partial charge in [0.05, 0.1) is 18.6 Å². The Labute approximate surface area is 221 Å². The van der Waals surface area contributed by atoms with E-state index >= 15 is 0 Å². The van der Waals surface area contributed by atoms with Gasteiger partial charge in [-0.15, -0.1) is 0 Å². The van der Waals surface area contributed by atoms with Crippen LogP contribution in [0, 0.1) is 6.92 Å². The van der Waals surface area contributed by atoms with E-state index in [1.54, 1.807) is 24.3 Å². The molecule has 1 aliphatic rings. The van der Waals surface area contributed by atoms with Gasteiger partial charge < -0.3 is 14.8 Å². The number of carbonyl (C=O) groups excluding carboxylic acids is 3. The lowest BCUT2D eigenvalue weighted by molar-refractivity contribution is -0.123. The van der Waals surface area contributed by atoms with E-state index in [9.17, 15) is 14.4 Å². The molecule has 4 rings (SSSR count). The van der Waals surface area contributed by atoms with Gasteiger partial charge in [-0.2, -0.15) is 0 Å². The van der Waals surface area contributed by atoms with Crippen LogP contribution in [-0.2, 0) is 16.1 Å². The molecule has 0 unspecified atom stereocenters. The van der Waals surface area contributed by atoms with Gasteiger partial charge in [0.1, 0.15) is 0 Å². The number of benzene rings is 3. The smallest absolute Gasteiger partial charge is 0.293 e. The number of carbonyl (C=O) groups is 3. The van der Waals surface area contributed by atoms with Gasteiger partial charge in [0.2, 0.25) is 0 Å². The van der Waals surface area contributed by atoms with Gasteiger partial charge >= 0.3 is 0 Å². The SMILES string of the molecule is COc1cc(/C=C2/SC(=O)N(Cc3ccccc3Br)C2=O)ccc1OCC(=O)Nc1ccc(C)cc1. The van der Waals surface area contributed by atoms with Crippen molar-refractivity contribution in [3.05, 3.63) is 92.8 Å². The number of nitrogens with one attached hydrogen (secondary N) is 1. The van der Waals surface area contributed by atoms with E-state index in [-0.39, 0.29) is 30.2 Å². The number of aryl methyl sites for hydroxylation is 1. The van der Waals surface area contributed by atoms with Gasteiger partial charge in [0.25, 0.3) is 17.1 Å². The molecule has 184 valence electrons. The maximum Gasteiger partial charge on any atom is 0.293 e. The zero-order chi connectivity index (χ0) is 25.7. The average Bonchev–Trinajstić information content (AvgIpc) is 3.13. The van der Waals surface area contributed by atoms with Crippen molar-refractivity contribution < 1.29 is 23.9 Å². The van der Waals surface area contributed by atoms with Crippen LogP contribution >= 0.6 is 27.7 Å². The van der Waals surface area contributed by atoms with E-state index in [0.29, 0.717) is 27.7 Å². The van der Waals surface area contributed by atoms with Crippen molar-refractivity contribution in [2.24, 2.45) is 0 Å². The minimum Gasteiger partial charge on any atom is -0.493 e. The molecule has 0 aromatic heterocycles. The molecule has 1 saturated heterocycles. The van der Waals surface area contributed by atoms with Crippen LogP contribution in [0.15, 0.2) is 76.1 Å². The number of halogens is 1. The minimum atomic E-state index is -0.354. The normalized spacial score (nSPS) is 14.3. The lowest BCUT2D eigenvalue weighted by Gasteiger charge is -2.13. The van der Waals surface area contributed by atoms with Crippen LogP contribution in [0.2, 0.25) is 0 Å². The average molecular weight is 567 g/mol. The Morgan fingerprint density at radius 2 is 1.81 bits per heavy atom. The summed E-state index contributed by atoms with van der Waals surface area (Å²) in [6.07, 6.45) is 1.64. The van der Waals surface area contributed by atoms with Crippen molar-refractivity contribution >= 4 is 56.5 Å². The first kappa shape index (κ1) is 25.5. The molecule has 1 N–H and O–H groups in total. The maximum absolute atomic E-state index is 12.9. The summed E-state index contributed by atoms with van der Waals surface area (Å²) < 4.78 is 11.9. The lowest BCUT2D eigenvalue weighted by Crippen LogP contribution is -2.27. The number of methoxy groups -OCH3 is 1. The fraction of sp³-hybridized carbons (Fsp3) is 0.148. The summed E-state index contributed by atoms with van der Waals surface area (Å²) in [5.41, 5.74) is 3.29. The summed E-state index contributed by atoms with van der Waals surface area (Å²) in [5.74, 6) is 0.131. The van der Waals surface area contributed by atoms with Crippen LogP contribution in [0.1, 0.15) is 16.7 Å². The van der Waals surface area contributed by atoms with Crippen LogP contribution in [0.3, 0.4) is 0 Å². The molecule has 1 fully saturated rings. The number of hydrogen-bond donors (Lipinski definition) is 1. The van der Waals surface area contributed by atoms with Crippen molar-refractivity contribution in [1.29, 1.82) is 0 Å². The second-order valence-corrected chi connectivity index (χ2v) is 9.82. The van der Waals surface area contributed by atoms with Gasteiger partial charge in [-0.1, -0.05) is 57.9 Å². The van der Waals surface area contributed by atoms with Crippen molar-refractivity contribution in [3.63, 3.8) is 0 Å². The molecule has 7 nitrogen and oxygen atoms in total. The van der Waals surface area contributed by atoms with Crippen molar-refractivity contribution in [3.8, 4) is 11.5 Å². The number of anilines is 1. The monoisotopic (exact) mass is 566 g/mol. The minimum absolute atomic E-state index is 0.185. The topological polar surface area (TPSA) is 84.9 Å². The lowest BCUT2D eigenvalue weighted by atomic mass is 10.1. The van der Waals surface area contributed by atoms with Gasteiger partial charge in [-0.3, -0.25) is 19.3 Å². The van der Waals surface area contributed by atoms with Crippen LogP contribution in [0.5, 0.6) is 11.5 Å². The summed E-state index contributed by atoms with van der Waals surface area (Å²) in [6.45, 7) is 1.96. The first-order chi connectivity index (χ1) is 17.3. The maximum atomic E-state index is 12.9. The third kappa shape index (κ3) is 6.16. The molecule has 0 aliphatic carbocycles. The first-order valence-corrected chi connectivity index (χ1v) is 12.6. The Bertz CT molecular complexity index is 1340. The largest absolute Gasteiger partial charge is 0.493 e. The molecular weight excluding hydrogens is 544 g/mol. The van der Waals surface area contributed by atoms with Crippen LogP contribution < -0.4 is 14.8 Å². The highest BCUT2D eigenvalue weighted by atomic mass is 79.9. The second kappa shape index (κ2) is 11.5. The number of ether oxygens (including phenoxy) is 2. The fourth-order valence-electron chi connectivity index (χ4n) is 3.46. The van der Waals surface area contributed by atoms with E-state index in [1.807, 2.05) is 55.5 Å². The Morgan fingerprint density at radius 1 is 1.06 bits per heavy atom. The number of hydrogen-bond acceptors (Lipinski definition) is 6. The number of thioether (sulfide) groups is 1. The molecule has 1 heterocycles. The fourth-order valence-corrected chi connectivity index (χ4v) is 4.70. The molecule has 3 aromatic rings. The summed E-state index contributed by atoms with van der Waals surface area (Å²) >= 11 is 4.35. The molecule has 1 aliphatic heterocycles. The predicted octanol–water partition coefficient (Wildman–Crippen LogP) is 6.02. The van der Waals surface area contributed by atoms with Crippen molar-refractivity contribution in [1.82, 2.24) is 4.90 Å². The predicted molar refractivity (Wildman–Crippen MR) is 144 cm³/mol. The zero-order valence-electron chi connectivity index (χ0n) is 19.6. The van der Waals surface area contributed by atoms with Crippen molar-refractivity contribution in [2.75, 3.05) is 19.0 Å². The molecule has 0 bridgehead atoms. The summed E-state index contributed by atoms with van der Waals surface area (Å²) in [7, 11) is 1.49. The van der Waals surface area contributed by atoms with Gasteiger partial charge in [0.15, 0.2) is 18.1 Å². The molecule has 9 heteroatoms. The van der Waals surface area contributed by atoms with Gasteiger partial charge in [0, 0.05) is 10.2 Å². The number of rotatable bonds is 8. The van der Waals surface area contributed by atoms with Crippen LogP contribution in [0.25, 0.3) is 6.08 Å². The number of nitrogens with zero attached hydrogens (tertiary/aromatic N) is 1. The quantitative estimate of drug-likeness (QED) is 0.335. The Morgan fingerprint density at radius 3 is 2.53 bits per heavy atom. The Hall–Kier alpha value is -3.56. The Balaban J connectivity index is 1.42. The van der Waals surface area contributed by atoms with Crippen LogP contribution in [0.4, 0.5) is 10.5 Å². The molecule has 3 aromatic carbocycles. The second-order valence-electron chi connectivity index (χ2n) is 7.97. The number of imide groups is 1.